The van der Waals surface area contributed by atoms with Crippen LogP contribution in [0.3, 0.4) is 0 Å². The zero-order chi connectivity index (χ0) is 13.5. The minimum absolute atomic E-state index is 0.593. The van der Waals surface area contributed by atoms with E-state index in [2.05, 4.69) is 25.6 Å². The highest BCUT2D eigenvalue weighted by molar-refractivity contribution is 5.79. The van der Waals surface area contributed by atoms with Gasteiger partial charge in [-0.05, 0) is 25.1 Å². The van der Waals surface area contributed by atoms with Crippen molar-refractivity contribution in [1.29, 1.82) is 0 Å². The van der Waals surface area contributed by atoms with E-state index >= 15 is 0 Å². The van der Waals surface area contributed by atoms with E-state index in [1.54, 1.807) is 19.5 Å². The highest BCUT2D eigenvalue weighted by Crippen LogP contribution is 1.98. The first-order valence-electron chi connectivity index (χ1n) is 6.03. The number of nitrogens with one attached hydrogen (secondary N) is 2. The topological polar surface area (TPSA) is 75.3 Å². The Morgan fingerprint density at radius 2 is 2.16 bits per heavy atom. The Morgan fingerprint density at radius 1 is 1.32 bits per heavy atom. The predicted octanol–water partition coefficient (Wildman–Crippen LogP) is 1.24. The summed E-state index contributed by atoms with van der Waals surface area (Å²) >= 11 is 0. The molecule has 6 nitrogen and oxygen atoms in total. The number of aryl methyl sites for hydroxylation is 1. The van der Waals surface area contributed by atoms with Crippen LogP contribution in [0, 0.1) is 6.92 Å². The van der Waals surface area contributed by atoms with Crippen LogP contribution < -0.4 is 10.6 Å². The number of aliphatic imine (C=N–C) groups is 1. The molecule has 0 radical (unpaired) electrons. The van der Waals surface area contributed by atoms with Gasteiger partial charge in [-0.15, -0.1) is 0 Å². The van der Waals surface area contributed by atoms with E-state index in [9.17, 15) is 0 Å². The number of hydrogen-bond donors (Lipinski definition) is 2. The van der Waals surface area contributed by atoms with Crippen LogP contribution in [0.4, 0.5) is 0 Å². The number of rotatable bonds is 4. The molecule has 0 spiro atoms. The fraction of sp³-hybridized carbons (Fsp3) is 0.308. The van der Waals surface area contributed by atoms with Crippen LogP contribution in [0.1, 0.15) is 17.3 Å². The van der Waals surface area contributed by atoms with Gasteiger partial charge in [-0.3, -0.25) is 4.99 Å². The molecule has 2 rings (SSSR count). The van der Waals surface area contributed by atoms with Gasteiger partial charge >= 0.3 is 0 Å². The molecule has 0 aromatic carbocycles. The minimum atomic E-state index is 0.593. The highest BCUT2D eigenvalue weighted by Gasteiger charge is 2.01. The molecule has 0 unspecified atom stereocenters. The van der Waals surface area contributed by atoms with Gasteiger partial charge in [0, 0.05) is 13.2 Å². The van der Waals surface area contributed by atoms with Crippen molar-refractivity contribution >= 4 is 5.96 Å². The largest absolute Gasteiger partial charge is 0.467 e. The van der Waals surface area contributed by atoms with Gasteiger partial charge in [0.15, 0.2) is 5.96 Å². The molecule has 0 aliphatic rings. The lowest BCUT2D eigenvalue weighted by atomic mass is 10.4. The van der Waals surface area contributed by atoms with Crippen LogP contribution in [-0.2, 0) is 13.1 Å². The monoisotopic (exact) mass is 259 g/mol. The van der Waals surface area contributed by atoms with Gasteiger partial charge in [-0.1, -0.05) is 0 Å². The molecule has 0 amide bonds. The summed E-state index contributed by atoms with van der Waals surface area (Å²) in [6.07, 6.45) is 3.40. The molecule has 6 heteroatoms. The van der Waals surface area contributed by atoms with E-state index < -0.39 is 0 Å². The summed E-state index contributed by atoms with van der Waals surface area (Å²) in [5.41, 5.74) is 0.924. The number of aromatic nitrogens is 2. The van der Waals surface area contributed by atoms with Crippen molar-refractivity contribution in [3.8, 4) is 0 Å². The van der Waals surface area contributed by atoms with Crippen molar-refractivity contribution in [3.05, 3.63) is 47.9 Å². The molecule has 2 aromatic rings. The molecule has 0 fully saturated rings. The lowest BCUT2D eigenvalue weighted by Crippen LogP contribution is -2.36. The van der Waals surface area contributed by atoms with E-state index in [4.69, 9.17) is 4.42 Å². The third-order valence-electron chi connectivity index (χ3n) is 2.50. The molecule has 100 valence electrons. The standard InChI is InChI=1S/C13H17N5O/c1-10-15-6-5-11(18-10)8-16-13(14-2)17-9-12-4-3-7-19-12/h3-7H,8-9H2,1-2H3,(H2,14,16,17). The third-order valence-corrected chi connectivity index (χ3v) is 2.50. The van der Waals surface area contributed by atoms with Gasteiger partial charge < -0.3 is 15.1 Å². The minimum Gasteiger partial charge on any atom is -0.467 e. The average Bonchev–Trinajstić information content (AvgIpc) is 2.92. The molecule has 0 saturated heterocycles. The zero-order valence-corrected chi connectivity index (χ0v) is 11.1. The molecule has 2 N–H and O–H groups in total. The summed E-state index contributed by atoms with van der Waals surface area (Å²) in [5.74, 6) is 2.33. The molecule has 2 aromatic heterocycles. The maximum absolute atomic E-state index is 5.24. The summed E-state index contributed by atoms with van der Waals surface area (Å²) in [5, 5.41) is 6.34. The number of hydrogen-bond acceptors (Lipinski definition) is 4. The van der Waals surface area contributed by atoms with Gasteiger partial charge in [-0.25, -0.2) is 9.97 Å². The Kier molecular flexibility index (Phi) is 4.49. The maximum Gasteiger partial charge on any atom is 0.191 e. The second-order valence-corrected chi connectivity index (χ2v) is 3.95. The summed E-state index contributed by atoms with van der Waals surface area (Å²) < 4.78 is 5.24. The zero-order valence-electron chi connectivity index (χ0n) is 11.1. The Morgan fingerprint density at radius 3 is 2.84 bits per heavy atom. The summed E-state index contributed by atoms with van der Waals surface area (Å²) in [7, 11) is 1.72. The molecule has 0 saturated carbocycles. The molecule has 0 bridgehead atoms. The maximum atomic E-state index is 5.24. The quantitative estimate of drug-likeness (QED) is 0.638. The number of guanidine groups is 1. The Hall–Kier alpha value is -2.37. The first-order valence-corrected chi connectivity index (χ1v) is 6.03. The fourth-order valence-electron chi connectivity index (χ4n) is 1.58. The Labute approximate surface area is 112 Å². The third kappa shape index (κ3) is 4.09. The second kappa shape index (κ2) is 6.53. The van der Waals surface area contributed by atoms with E-state index in [0.29, 0.717) is 19.0 Å². The van der Waals surface area contributed by atoms with E-state index in [0.717, 1.165) is 17.3 Å². The van der Waals surface area contributed by atoms with E-state index in [-0.39, 0.29) is 0 Å². The SMILES string of the molecule is CN=C(NCc1ccnc(C)n1)NCc1ccco1. The first-order chi connectivity index (χ1) is 9.28. The van der Waals surface area contributed by atoms with E-state index in [1.165, 1.54) is 0 Å². The number of furan rings is 1. The predicted molar refractivity (Wildman–Crippen MR) is 72.5 cm³/mol. The molecule has 0 aliphatic carbocycles. The van der Waals surface area contributed by atoms with Gasteiger partial charge in [-0.2, -0.15) is 0 Å². The van der Waals surface area contributed by atoms with Gasteiger partial charge in [0.25, 0.3) is 0 Å². The lowest BCUT2D eigenvalue weighted by molar-refractivity contribution is 0.501. The van der Waals surface area contributed by atoms with Crippen molar-refractivity contribution in [2.75, 3.05) is 7.05 Å². The van der Waals surface area contributed by atoms with Gasteiger partial charge in [0.1, 0.15) is 11.6 Å². The molecule has 2 heterocycles. The molecular formula is C13H17N5O. The van der Waals surface area contributed by atoms with Crippen molar-refractivity contribution < 1.29 is 4.42 Å². The van der Waals surface area contributed by atoms with Gasteiger partial charge in [0.05, 0.1) is 25.0 Å². The van der Waals surface area contributed by atoms with E-state index in [1.807, 2.05) is 25.1 Å². The van der Waals surface area contributed by atoms with Crippen molar-refractivity contribution in [2.24, 2.45) is 4.99 Å². The molecule has 19 heavy (non-hydrogen) atoms. The van der Waals surface area contributed by atoms with Crippen LogP contribution in [0.25, 0.3) is 0 Å². The molecule has 0 atom stereocenters. The summed E-state index contributed by atoms with van der Waals surface area (Å²) in [6.45, 7) is 3.06. The smallest absolute Gasteiger partial charge is 0.191 e. The van der Waals surface area contributed by atoms with Crippen LogP contribution in [-0.4, -0.2) is 23.0 Å². The molecule has 0 aliphatic heterocycles. The highest BCUT2D eigenvalue weighted by atomic mass is 16.3. The Bertz CT molecular complexity index is 536. The summed E-state index contributed by atoms with van der Waals surface area (Å²) in [6, 6.07) is 5.64. The molecular weight excluding hydrogens is 242 g/mol. The van der Waals surface area contributed by atoms with Crippen LogP contribution in [0.15, 0.2) is 40.1 Å². The average molecular weight is 259 g/mol. The first kappa shape index (κ1) is 13.1. The van der Waals surface area contributed by atoms with Crippen molar-refractivity contribution in [2.45, 2.75) is 20.0 Å². The van der Waals surface area contributed by atoms with Crippen LogP contribution in [0.5, 0.6) is 0 Å². The lowest BCUT2D eigenvalue weighted by Gasteiger charge is -2.10. The Balaban J connectivity index is 1.83. The second-order valence-electron chi connectivity index (χ2n) is 3.95. The van der Waals surface area contributed by atoms with Crippen molar-refractivity contribution in [3.63, 3.8) is 0 Å². The normalized spacial score (nSPS) is 11.4. The van der Waals surface area contributed by atoms with Crippen molar-refractivity contribution in [1.82, 2.24) is 20.6 Å². The van der Waals surface area contributed by atoms with Crippen LogP contribution >= 0.6 is 0 Å². The number of nitrogens with zero attached hydrogens (tertiary/aromatic N) is 3. The summed E-state index contributed by atoms with van der Waals surface area (Å²) in [4.78, 5) is 12.5. The van der Waals surface area contributed by atoms with Crippen LogP contribution in [0.2, 0.25) is 0 Å². The fourth-order valence-corrected chi connectivity index (χ4v) is 1.58. The van der Waals surface area contributed by atoms with Gasteiger partial charge in [0.2, 0.25) is 0 Å².